The van der Waals surface area contributed by atoms with E-state index in [1.807, 2.05) is 26.1 Å². The molecule has 1 aliphatic heterocycles. The van der Waals surface area contributed by atoms with Crippen molar-refractivity contribution in [2.45, 2.75) is 33.2 Å². The summed E-state index contributed by atoms with van der Waals surface area (Å²) in [4.78, 5) is 21.5. The van der Waals surface area contributed by atoms with Gasteiger partial charge in [-0.2, -0.15) is 0 Å². The lowest BCUT2D eigenvalue weighted by Crippen LogP contribution is -2.46. The van der Waals surface area contributed by atoms with E-state index < -0.39 is 0 Å². The van der Waals surface area contributed by atoms with Crippen molar-refractivity contribution in [1.82, 2.24) is 9.88 Å². The van der Waals surface area contributed by atoms with E-state index in [4.69, 9.17) is 0 Å². The van der Waals surface area contributed by atoms with Crippen LogP contribution in [0.4, 0.5) is 11.5 Å². The highest BCUT2D eigenvalue weighted by atomic mass is 16.1. The highest BCUT2D eigenvalue weighted by Gasteiger charge is 2.18. The molecular formula is C22H30N4O. The summed E-state index contributed by atoms with van der Waals surface area (Å²) in [6, 6.07) is 14.6. The van der Waals surface area contributed by atoms with Gasteiger partial charge >= 0.3 is 0 Å². The lowest BCUT2D eigenvalue weighted by molar-refractivity contribution is -0.120. The fourth-order valence-electron chi connectivity index (χ4n) is 3.54. The molecule has 1 fully saturated rings. The van der Waals surface area contributed by atoms with Crippen LogP contribution in [-0.4, -0.2) is 42.0 Å². The SMILES string of the molecule is CCC(CC)C(=O)Nc1ccc(N2CCN(Cc3ccccc3)CC2)cn1. The molecule has 1 aromatic carbocycles. The van der Waals surface area contributed by atoms with Gasteiger partial charge in [-0.05, 0) is 30.5 Å². The molecule has 0 radical (unpaired) electrons. The number of aromatic nitrogens is 1. The van der Waals surface area contributed by atoms with Crippen molar-refractivity contribution in [3.05, 3.63) is 54.2 Å². The van der Waals surface area contributed by atoms with Crippen LogP contribution in [0.3, 0.4) is 0 Å². The van der Waals surface area contributed by atoms with Crippen molar-refractivity contribution in [3.63, 3.8) is 0 Å². The molecule has 0 bridgehead atoms. The summed E-state index contributed by atoms with van der Waals surface area (Å²) in [6.45, 7) is 9.17. The number of pyridine rings is 1. The first-order chi connectivity index (χ1) is 13.2. The number of nitrogens with one attached hydrogen (secondary N) is 1. The molecule has 1 aliphatic rings. The standard InChI is InChI=1S/C22H30N4O/c1-3-19(4-2)22(27)24-21-11-10-20(16-23-21)26-14-12-25(13-15-26)17-18-8-6-5-7-9-18/h5-11,16,19H,3-4,12-15,17H2,1-2H3,(H,23,24,27). The first kappa shape index (κ1) is 19.4. The lowest BCUT2D eigenvalue weighted by atomic mass is 10.0. The summed E-state index contributed by atoms with van der Waals surface area (Å²) in [5.41, 5.74) is 2.49. The number of anilines is 2. The molecule has 2 aromatic rings. The maximum atomic E-state index is 12.2. The normalized spacial score (nSPS) is 15.1. The van der Waals surface area contributed by atoms with Gasteiger partial charge in [0.05, 0.1) is 11.9 Å². The molecule has 0 aliphatic carbocycles. The second-order valence-corrected chi connectivity index (χ2v) is 7.15. The van der Waals surface area contributed by atoms with Gasteiger partial charge in [-0.3, -0.25) is 9.69 Å². The molecule has 27 heavy (non-hydrogen) atoms. The number of benzene rings is 1. The molecule has 0 saturated carbocycles. The van der Waals surface area contributed by atoms with Crippen LogP contribution in [0.25, 0.3) is 0 Å². The van der Waals surface area contributed by atoms with Crippen LogP contribution in [0.15, 0.2) is 48.7 Å². The lowest BCUT2D eigenvalue weighted by Gasteiger charge is -2.36. The summed E-state index contributed by atoms with van der Waals surface area (Å²) >= 11 is 0. The van der Waals surface area contributed by atoms with E-state index in [-0.39, 0.29) is 11.8 Å². The molecule has 0 unspecified atom stereocenters. The fraction of sp³-hybridized carbons (Fsp3) is 0.455. The van der Waals surface area contributed by atoms with Crippen LogP contribution >= 0.6 is 0 Å². The van der Waals surface area contributed by atoms with Crippen LogP contribution < -0.4 is 10.2 Å². The third kappa shape index (κ3) is 5.30. The monoisotopic (exact) mass is 366 g/mol. The number of rotatable bonds is 7. The molecule has 2 heterocycles. The minimum absolute atomic E-state index is 0.0594. The van der Waals surface area contributed by atoms with Crippen LogP contribution in [0.2, 0.25) is 0 Å². The average Bonchev–Trinajstić information content (AvgIpc) is 2.71. The molecule has 144 valence electrons. The van der Waals surface area contributed by atoms with Crippen molar-refractivity contribution >= 4 is 17.4 Å². The molecule has 5 nitrogen and oxygen atoms in total. The zero-order valence-electron chi connectivity index (χ0n) is 16.4. The quantitative estimate of drug-likeness (QED) is 0.810. The van der Waals surface area contributed by atoms with E-state index in [1.165, 1.54) is 5.56 Å². The number of piperazine rings is 1. The Morgan fingerprint density at radius 1 is 1.04 bits per heavy atom. The summed E-state index contributed by atoms with van der Waals surface area (Å²) in [7, 11) is 0. The Bertz CT molecular complexity index is 705. The van der Waals surface area contributed by atoms with E-state index in [1.54, 1.807) is 0 Å². The Morgan fingerprint density at radius 2 is 1.74 bits per heavy atom. The Balaban J connectivity index is 1.50. The van der Waals surface area contributed by atoms with Crippen LogP contribution in [0.1, 0.15) is 32.3 Å². The van der Waals surface area contributed by atoms with Crippen molar-refractivity contribution in [1.29, 1.82) is 0 Å². The summed E-state index contributed by atoms with van der Waals surface area (Å²) in [5, 5.41) is 2.93. The molecule has 5 heteroatoms. The third-order valence-electron chi connectivity index (χ3n) is 5.34. The summed E-state index contributed by atoms with van der Waals surface area (Å²) in [6.07, 6.45) is 3.58. The van der Waals surface area contributed by atoms with Crippen molar-refractivity contribution in [2.75, 3.05) is 36.4 Å². The first-order valence-electron chi connectivity index (χ1n) is 9.97. The Kier molecular flexibility index (Phi) is 6.82. The first-order valence-corrected chi connectivity index (χ1v) is 9.97. The molecule has 1 N–H and O–H groups in total. The smallest absolute Gasteiger partial charge is 0.228 e. The Hall–Kier alpha value is -2.40. The largest absolute Gasteiger partial charge is 0.368 e. The topological polar surface area (TPSA) is 48.5 Å². The van der Waals surface area contributed by atoms with Crippen molar-refractivity contribution in [3.8, 4) is 0 Å². The molecule has 3 rings (SSSR count). The maximum Gasteiger partial charge on any atom is 0.228 e. The molecule has 1 amide bonds. The van der Waals surface area contributed by atoms with E-state index in [0.29, 0.717) is 5.82 Å². The average molecular weight is 367 g/mol. The van der Waals surface area contributed by atoms with Gasteiger partial charge in [0, 0.05) is 38.6 Å². The molecule has 0 atom stereocenters. The molecule has 0 spiro atoms. The van der Waals surface area contributed by atoms with Gasteiger partial charge in [0.1, 0.15) is 5.82 Å². The second-order valence-electron chi connectivity index (χ2n) is 7.15. The van der Waals surface area contributed by atoms with Gasteiger partial charge in [-0.1, -0.05) is 44.2 Å². The number of amides is 1. The fourth-order valence-corrected chi connectivity index (χ4v) is 3.54. The zero-order chi connectivity index (χ0) is 19.1. The maximum absolute atomic E-state index is 12.2. The van der Waals surface area contributed by atoms with E-state index in [2.05, 4.69) is 56.5 Å². The molecule has 1 saturated heterocycles. The number of carbonyl (C=O) groups excluding carboxylic acids is 1. The summed E-state index contributed by atoms with van der Waals surface area (Å²) < 4.78 is 0. The van der Waals surface area contributed by atoms with Crippen molar-refractivity contribution < 1.29 is 4.79 Å². The van der Waals surface area contributed by atoms with E-state index >= 15 is 0 Å². The highest BCUT2D eigenvalue weighted by Crippen LogP contribution is 2.19. The number of carbonyl (C=O) groups is 1. The number of hydrogen-bond donors (Lipinski definition) is 1. The summed E-state index contributed by atoms with van der Waals surface area (Å²) in [5.74, 6) is 0.761. The van der Waals surface area contributed by atoms with Gasteiger partial charge in [-0.25, -0.2) is 4.98 Å². The minimum atomic E-state index is 0.0594. The van der Waals surface area contributed by atoms with E-state index in [0.717, 1.165) is 51.3 Å². The van der Waals surface area contributed by atoms with Crippen LogP contribution in [-0.2, 0) is 11.3 Å². The van der Waals surface area contributed by atoms with Gasteiger partial charge in [0.25, 0.3) is 0 Å². The molecular weight excluding hydrogens is 336 g/mol. The predicted molar refractivity (Wildman–Crippen MR) is 111 cm³/mol. The predicted octanol–water partition coefficient (Wildman–Crippen LogP) is 3.78. The van der Waals surface area contributed by atoms with Gasteiger partial charge in [-0.15, -0.1) is 0 Å². The second kappa shape index (κ2) is 9.51. The minimum Gasteiger partial charge on any atom is -0.368 e. The number of nitrogens with zero attached hydrogens (tertiary/aromatic N) is 3. The zero-order valence-corrected chi connectivity index (χ0v) is 16.4. The van der Waals surface area contributed by atoms with Gasteiger partial charge in [0.15, 0.2) is 0 Å². The van der Waals surface area contributed by atoms with Gasteiger partial charge < -0.3 is 10.2 Å². The van der Waals surface area contributed by atoms with E-state index in [9.17, 15) is 4.79 Å². The van der Waals surface area contributed by atoms with Crippen LogP contribution in [0.5, 0.6) is 0 Å². The van der Waals surface area contributed by atoms with Crippen molar-refractivity contribution in [2.24, 2.45) is 5.92 Å². The number of hydrogen-bond acceptors (Lipinski definition) is 4. The van der Waals surface area contributed by atoms with Crippen LogP contribution in [0, 0.1) is 5.92 Å². The highest BCUT2D eigenvalue weighted by molar-refractivity contribution is 5.91. The third-order valence-corrected chi connectivity index (χ3v) is 5.34. The molecule has 1 aromatic heterocycles. The van der Waals surface area contributed by atoms with Gasteiger partial charge in [0.2, 0.25) is 5.91 Å². The Morgan fingerprint density at radius 3 is 2.33 bits per heavy atom. The Labute approximate surface area is 162 Å².